The van der Waals surface area contributed by atoms with E-state index in [2.05, 4.69) is 22.0 Å². The number of aliphatic carboxylic acids is 1. The first-order valence-corrected chi connectivity index (χ1v) is 7.76. The summed E-state index contributed by atoms with van der Waals surface area (Å²) < 4.78 is 6.46. The first kappa shape index (κ1) is 15.4. The highest BCUT2D eigenvalue weighted by Gasteiger charge is 2.31. The van der Waals surface area contributed by atoms with Crippen molar-refractivity contribution >= 4 is 21.9 Å². The summed E-state index contributed by atoms with van der Waals surface area (Å²) in [7, 11) is 1.65. The van der Waals surface area contributed by atoms with Gasteiger partial charge in [0.15, 0.2) is 0 Å². The Morgan fingerprint density at radius 2 is 2.05 bits per heavy atom. The van der Waals surface area contributed by atoms with E-state index in [-0.39, 0.29) is 0 Å². The van der Waals surface area contributed by atoms with E-state index >= 15 is 0 Å². The highest BCUT2D eigenvalue weighted by Crippen LogP contribution is 2.40. The van der Waals surface area contributed by atoms with E-state index in [1.165, 1.54) is 17.5 Å². The lowest BCUT2D eigenvalue weighted by atomic mass is 9.79. The van der Waals surface area contributed by atoms with Crippen LogP contribution in [0.15, 0.2) is 10.5 Å². The van der Waals surface area contributed by atoms with Crippen molar-refractivity contribution in [2.24, 2.45) is 5.41 Å². The largest absolute Gasteiger partial charge is 0.495 e. The topological polar surface area (TPSA) is 46.5 Å². The zero-order valence-corrected chi connectivity index (χ0v) is 13.8. The number of hydrogen-bond acceptors (Lipinski definition) is 2. The molecule has 0 saturated carbocycles. The lowest BCUT2D eigenvalue weighted by Crippen LogP contribution is -2.27. The summed E-state index contributed by atoms with van der Waals surface area (Å²) in [5.41, 5.74) is 2.90. The van der Waals surface area contributed by atoms with Gasteiger partial charge < -0.3 is 9.84 Å². The van der Waals surface area contributed by atoms with Crippen molar-refractivity contribution < 1.29 is 14.6 Å². The van der Waals surface area contributed by atoms with E-state index in [4.69, 9.17) is 4.74 Å². The van der Waals surface area contributed by atoms with Crippen molar-refractivity contribution in [3.05, 3.63) is 27.2 Å². The molecule has 1 aromatic rings. The highest BCUT2D eigenvalue weighted by atomic mass is 79.9. The number of ether oxygens (including phenoxy) is 1. The van der Waals surface area contributed by atoms with Gasteiger partial charge in [0.05, 0.1) is 17.0 Å². The number of carboxylic acids is 1. The highest BCUT2D eigenvalue weighted by molar-refractivity contribution is 9.10. The van der Waals surface area contributed by atoms with Gasteiger partial charge in [-0.05, 0) is 84.6 Å². The van der Waals surface area contributed by atoms with Crippen molar-refractivity contribution in [3.8, 4) is 5.75 Å². The van der Waals surface area contributed by atoms with Crippen LogP contribution >= 0.6 is 15.9 Å². The Bertz CT molecular complexity index is 535. The van der Waals surface area contributed by atoms with Gasteiger partial charge in [-0.3, -0.25) is 4.79 Å². The lowest BCUT2D eigenvalue weighted by molar-refractivity contribution is -0.146. The fourth-order valence-corrected chi connectivity index (χ4v) is 3.54. The maximum Gasteiger partial charge on any atom is 0.309 e. The molecule has 1 aliphatic rings. The number of carbonyl (C=O) groups is 1. The Morgan fingerprint density at radius 3 is 2.65 bits per heavy atom. The molecule has 1 aromatic carbocycles. The van der Waals surface area contributed by atoms with Crippen LogP contribution in [0, 0.1) is 5.41 Å². The van der Waals surface area contributed by atoms with Crippen LogP contribution in [-0.4, -0.2) is 18.2 Å². The average Bonchev–Trinajstić information content (AvgIpc) is 2.38. The molecule has 110 valence electrons. The second kappa shape index (κ2) is 5.76. The van der Waals surface area contributed by atoms with E-state index in [1.54, 1.807) is 21.0 Å². The zero-order valence-electron chi connectivity index (χ0n) is 12.3. The molecule has 20 heavy (non-hydrogen) atoms. The van der Waals surface area contributed by atoms with Crippen LogP contribution in [0.5, 0.6) is 5.75 Å². The molecule has 0 heterocycles. The molecule has 3 nitrogen and oxygen atoms in total. The first-order chi connectivity index (χ1) is 9.36. The number of halogens is 1. The molecule has 0 atom stereocenters. The lowest BCUT2D eigenvalue weighted by Gasteiger charge is -2.27. The zero-order chi connectivity index (χ0) is 14.9. The number of rotatable bonds is 4. The fourth-order valence-electron chi connectivity index (χ4n) is 2.86. The second-order valence-corrected chi connectivity index (χ2v) is 6.94. The Morgan fingerprint density at radius 1 is 1.40 bits per heavy atom. The second-order valence-electron chi connectivity index (χ2n) is 6.08. The third-order valence-electron chi connectivity index (χ3n) is 4.07. The quantitative estimate of drug-likeness (QED) is 0.901. The molecule has 0 radical (unpaired) electrons. The number of hydrogen-bond donors (Lipinski definition) is 1. The predicted molar refractivity (Wildman–Crippen MR) is 82.5 cm³/mol. The third-order valence-corrected chi connectivity index (χ3v) is 4.66. The van der Waals surface area contributed by atoms with Crippen LogP contribution in [0.3, 0.4) is 0 Å². The van der Waals surface area contributed by atoms with Gasteiger partial charge >= 0.3 is 5.97 Å². The van der Waals surface area contributed by atoms with Crippen LogP contribution in [0.1, 0.15) is 43.4 Å². The summed E-state index contributed by atoms with van der Waals surface area (Å²) in [5, 5.41) is 9.39. The fraction of sp³-hybridized carbons (Fsp3) is 0.562. The van der Waals surface area contributed by atoms with E-state index in [9.17, 15) is 9.90 Å². The van der Waals surface area contributed by atoms with Gasteiger partial charge in [0, 0.05) is 0 Å². The third kappa shape index (κ3) is 2.85. The van der Waals surface area contributed by atoms with Gasteiger partial charge in [0.2, 0.25) is 0 Å². The van der Waals surface area contributed by atoms with Crippen molar-refractivity contribution in [1.29, 1.82) is 0 Å². The standard InChI is InChI=1S/C16H21BrO3/c1-16(2,15(18)19)9-12-11-7-5-4-6-10(11)8-13(17)14(12)20-3/h8H,4-7,9H2,1-3H3,(H,18,19). The Hall–Kier alpha value is -1.03. The van der Waals surface area contributed by atoms with E-state index in [1.807, 2.05) is 0 Å². The smallest absolute Gasteiger partial charge is 0.309 e. The monoisotopic (exact) mass is 340 g/mol. The Kier molecular flexibility index (Phi) is 4.43. The molecule has 0 unspecified atom stereocenters. The van der Waals surface area contributed by atoms with Gasteiger partial charge in [-0.2, -0.15) is 0 Å². The molecule has 0 amide bonds. The summed E-state index contributed by atoms with van der Waals surface area (Å²) in [6.07, 6.45) is 4.95. The van der Waals surface area contributed by atoms with Crippen molar-refractivity contribution in [3.63, 3.8) is 0 Å². The van der Waals surface area contributed by atoms with Crippen molar-refractivity contribution in [2.45, 2.75) is 46.0 Å². The Balaban J connectivity index is 2.54. The first-order valence-electron chi connectivity index (χ1n) is 6.97. The summed E-state index contributed by atoms with van der Waals surface area (Å²) in [6, 6.07) is 2.13. The van der Waals surface area contributed by atoms with Gasteiger partial charge in [0.25, 0.3) is 0 Å². The van der Waals surface area contributed by atoms with Crippen LogP contribution in [0.4, 0.5) is 0 Å². The van der Waals surface area contributed by atoms with E-state index in [0.717, 1.165) is 35.0 Å². The molecule has 0 aliphatic heterocycles. The molecule has 0 aromatic heterocycles. The summed E-state index contributed by atoms with van der Waals surface area (Å²) >= 11 is 3.56. The molecule has 0 fully saturated rings. The molecule has 0 spiro atoms. The van der Waals surface area contributed by atoms with Gasteiger partial charge in [-0.1, -0.05) is 0 Å². The maximum absolute atomic E-state index is 11.4. The SMILES string of the molecule is COc1c(Br)cc2c(c1CC(C)(C)C(=O)O)CCCC2. The van der Waals surface area contributed by atoms with Gasteiger partial charge in [-0.15, -0.1) is 0 Å². The van der Waals surface area contributed by atoms with Crippen LogP contribution in [0.25, 0.3) is 0 Å². The van der Waals surface area contributed by atoms with E-state index < -0.39 is 11.4 Å². The number of fused-ring (bicyclic) bond motifs is 1. The number of aryl methyl sites for hydroxylation is 1. The number of benzene rings is 1. The molecule has 0 saturated heterocycles. The summed E-state index contributed by atoms with van der Waals surface area (Å²) in [6.45, 7) is 3.54. The van der Waals surface area contributed by atoms with Crippen LogP contribution in [0.2, 0.25) is 0 Å². The molecular weight excluding hydrogens is 320 g/mol. The van der Waals surface area contributed by atoms with Gasteiger partial charge in [0.1, 0.15) is 5.75 Å². The molecular formula is C16H21BrO3. The molecule has 0 bridgehead atoms. The number of carboxylic acid groups (broad SMARTS) is 1. The Labute approximate surface area is 128 Å². The van der Waals surface area contributed by atoms with Gasteiger partial charge in [-0.25, -0.2) is 0 Å². The van der Waals surface area contributed by atoms with Crippen LogP contribution < -0.4 is 4.74 Å². The molecule has 2 rings (SSSR count). The summed E-state index contributed by atoms with van der Waals surface area (Å²) in [5.74, 6) is 0.0177. The predicted octanol–water partition coefficient (Wildman–Crippen LogP) is 3.99. The average molecular weight is 341 g/mol. The normalized spacial score (nSPS) is 14.8. The molecule has 1 N–H and O–H groups in total. The molecule has 4 heteroatoms. The minimum Gasteiger partial charge on any atom is -0.495 e. The van der Waals surface area contributed by atoms with Crippen molar-refractivity contribution in [1.82, 2.24) is 0 Å². The summed E-state index contributed by atoms with van der Waals surface area (Å²) in [4.78, 5) is 11.4. The van der Waals surface area contributed by atoms with Crippen molar-refractivity contribution in [2.75, 3.05) is 7.11 Å². The minimum absolute atomic E-state index is 0.493. The van der Waals surface area contributed by atoms with E-state index in [0.29, 0.717) is 6.42 Å². The number of methoxy groups -OCH3 is 1. The minimum atomic E-state index is -0.792. The molecule has 1 aliphatic carbocycles. The maximum atomic E-state index is 11.4. The van der Waals surface area contributed by atoms with Crippen LogP contribution in [-0.2, 0) is 24.1 Å².